The molecule has 1 atom stereocenters. The van der Waals surface area contributed by atoms with Crippen molar-refractivity contribution in [2.45, 2.75) is 32.9 Å². The standard InChI is InChI=1S/C21H20ClFN2O2S/c1-12(2)27-20(26)17-13(3)25(14-8-5-4-6-9-14)21(28)24-19(17)18-15(22)10-7-11-16(18)23/h4-12,19H,1-3H3,(H,24,28)/t19-/m1/s1. The van der Waals surface area contributed by atoms with Crippen LogP contribution in [0.3, 0.4) is 0 Å². The van der Waals surface area contributed by atoms with Crippen LogP contribution in [0.5, 0.6) is 0 Å². The van der Waals surface area contributed by atoms with E-state index in [0.29, 0.717) is 10.8 Å². The van der Waals surface area contributed by atoms with Gasteiger partial charge in [-0.2, -0.15) is 0 Å². The highest BCUT2D eigenvalue weighted by Gasteiger charge is 2.37. The van der Waals surface area contributed by atoms with E-state index in [1.54, 1.807) is 31.7 Å². The third-order valence-electron chi connectivity index (χ3n) is 4.35. The van der Waals surface area contributed by atoms with Crippen molar-refractivity contribution in [2.24, 2.45) is 0 Å². The number of nitrogens with zero attached hydrogens (tertiary/aromatic N) is 1. The second kappa shape index (κ2) is 8.29. The number of rotatable bonds is 4. The molecule has 0 bridgehead atoms. The van der Waals surface area contributed by atoms with Crippen LogP contribution in [-0.2, 0) is 9.53 Å². The Kier molecular flexibility index (Phi) is 6.01. The Bertz CT molecular complexity index is 926. The summed E-state index contributed by atoms with van der Waals surface area (Å²) in [6, 6.07) is 12.9. The molecule has 0 spiro atoms. The zero-order chi connectivity index (χ0) is 20.4. The topological polar surface area (TPSA) is 41.6 Å². The number of nitrogens with one attached hydrogen (secondary N) is 1. The largest absolute Gasteiger partial charge is 0.459 e. The quantitative estimate of drug-likeness (QED) is 0.550. The van der Waals surface area contributed by atoms with E-state index in [4.69, 9.17) is 28.6 Å². The number of anilines is 1. The fourth-order valence-corrected chi connectivity index (χ4v) is 3.81. The lowest BCUT2D eigenvalue weighted by atomic mass is 9.94. The molecule has 1 heterocycles. The lowest BCUT2D eigenvalue weighted by Gasteiger charge is -2.38. The molecule has 1 N–H and O–H groups in total. The first-order valence-corrected chi connectivity index (χ1v) is 9.61. The maximum Gasteiger partial charge on any atom is 0.338 e. The predicted octanol–water partition coefficient (Wildman–Crippen LogP) is 5.14. The van der Waals surface area contributed by atoms with E-state index in [-0.39, 0.29) is 22.3 Å². The van der Waals surface area contributed by atoms with Gasteiger partial charge in [0.2, 0.25) is 0 Å². The Hall–Kier alpha value is -2.44. The monoisotopic (exact) mass is 418 g/mol. The van der Waals surface area contributed by atoms with E-state index in [1.165, 1.54) is 12.1 Å². The second-order valence-electron chi connectivity index (χ2n) is 6.64. The number of halogens is 2. The third-order valence-corrected chi connectivity index (χ3v) is 4.98. The van der Waals surface area contributed by atoms with Crippen LogP contribution in [0.4, 0.5) is 10.1 Å². The summed E-state index contributed by atoms with van der Waals surface area (Å²) in [7, 11) is 0. The van der Waals surface area contributed by atoms with Gasteiger partial charge in [-0.1, -0.05) is 35.9 Å². The lowest BCUT2D eigenvalue weighted by molar-refractivity contribution is -0.143. The Balaban J connectivity index is 2.19. The van der Waals surface area contributed by atoms with Crippen LogP contribution in [0.1, 0.15) is 32.4 Å². The fourth-order valence-electron chi connectivity index (χ4n) is 3.18. The predicted molar refractivity (Wildman–Crippen MR) is 113 cm³/mol. The van der Waals surface area contributed by atoms with E-state index in [2.05, 4.69) is 5.32 Å². The molecule has 0 saturated carbocycles. The number of thiocarbonyl (C=S) groups is 1. The summed E-state index contributed by atoms with van der Waals surface area (Å²) in [4.78, 5) is 14.7. The van der Waals surface area contributed by atoms with Crippen LogP contribution in [0.15, 0.2) is 59.8 Å². The Labute approximate surface area is 173 Å². The van der Waals surface area contributed by atoms with Gasteiger partial charge in [0.15, 0.2) is 5.11 Å². The summed E-state index contributed by atoms with van der Waals surface area (Å²) in [5, 5.41) is 3.62. The van der Waals surface area contributed by atoms with Crippen LogP contribution in [0, 0.1) is 5.82 Å². The van der Waals surface area contributed by atoms with Crippen LogP contribution < -0.4 is 10.2 Å². The first-order chi connectivity index (χ1) is 13.3. The minimum absolute atomic E-state index is 0.161. The van der Waals surface area contributed by atoms with Crippen molar-refractivity contribution in [3.63, 3.8) is 0 Å². The maximum absolute atomic E-state index is 14.7. The summed E-state index contributed by atoms with van der Waals surface area (Å²) in [5.74, 6) is -1.07. The van der Waals surface area contributed by atoms with Crippen molar-refractivity contribution in [1.82, 2.24) is 5.32 Å². The minimum atomic E-state index is -0.854. The molecule has 0 unspecified atom stereocenters. The van der Waals surface area contributed by atoms with Gasteiger partial charge in [-0.05, 0) is 57.3 Å². The Morgan fingerprint density at radius 3 is 2.50 bits per heavy atom. The zero-order valence-electron chi connectivity index (χ0n) is 15.7. The number of esters is 1. The third kappa shape index (κ3) is 3.88. The van der Waals surface area contributed by atoms with Gasteiger partial charge in [0.05, 0.1) is 17.7 Å². The summed E-state index contributed by atoms with van der Waals surface area (Å²) in [6.45, 7) is 5.28. The molecular weight excluding hydrogens is 399 g/mol. The van der Waals surface area contributed by atoms with Crippen molar-refractivity contribution >= 4 is 40.6 Å². The lowest BCUT2D eigenvalue weighted by Crippen LogP contribution is -2.48. The molecule has 2 aromatic rings. The highest BCUT2D eigenvalue weighted by Crippen LogP contribution is 2.37. The second-order valence-corrected chi connectivity index (χ2v) is 7.44. The van der Waals surface area contributed by atoms with Crippen molar-refractivity contribution in [3.05, 3.63) is 76.2 Å². The summed E-state index contributed by atoms with van der Waals surface area (Å²) >= 11 is 11.8. The van der Waals surface area contributed by atoms with Gasteiger partial charge in [-0.25, -0.2) is 9.18 Å². The highest BCUT2D eigenvalue weighted by molar-refractivity contribution is 7.80. The van der Waals surface area contributed by atoms with Gasteiger partial charge in [-0.15, -0.1) is 0 Å². The van der Waals surface area contributed by atoms with Gasteiger partial charge in [0.25, 0.3) is 0 Å². The number of carbonyl (C=O) groups is 1. The van der Waals surface area contributed by atoms with Crippen LogP contribution in [0.25, 0.3) is 0 Å². The first kappa shape index (κ1) is 20.3. The molecule has 28 heavy (non-hydrogen) atoms. The van der Waals surface area contributed by atoms with Crippen molar-refractivity contribution in [2.75, 3.05) is 4.90 Å². The molecule has 3 rings (SSSR count). The molecule has 0 aromatic heterocycles. The summed E-state index contributed by atoms with van der Waals surface area (Å²) in [5.41, 5.74) is 1.77. The molecule has 146 valence electrons. The van der Waals surface area contributed by atoms with E-state index in [9.17, 15) is 9.18 Å². The van der Waals surface area contributed by atoms with E-state index >= 15 is 0 Å². The molecule has 0 radical (unpaired) electrons. The average molecular weight is 419 g/mol. The number of hydrogen-bond donors (Lipinski definition) is 1. The highest BCUT2D eigenvalue weighted by atomic mass is 35.5. The molecule has 1 aliphatic heterocycles. The molecule has 0 saturated heterocycles. The number of para-hydroxylation sites is 1. The maximum atomic E-state index is 14.7. The smallest absolute Gasteiger partial charge is 0.338 e. The van der Waals surface area contributed by atoms with Crippen LogP contribution in [0.2, 0.25) is 5.02 Å². The van der Waals surface area contributed by atoms with Gasteiger partial charge in [-0.3, -0.25) is 4.90 Å². The van der Waals surface area contributed by atoms with Crippen molar-refractivity contribution in [1.29, 1.82) is 0 Å². The summed E-state index contributed by atoms with van der Waals surface area (Å²) in [6.07, 6.45) is -0.330. The van der Waals surface area contributed by atoms with E-state index in [0.717, 1.165) is 5.69 Å². The fraction of sp³-hybridized carbons (Fsp3) is 0.238. The number of allylic oxidation sites excluding steroid dienone is 1. The summed E-state index contributed by atoms with van der Waals surface area (Å²) < 4.78 is 20.1. The van der Waals surface area contributed by atoms with Crippen molar-refractivity contribution in [3.8, 4) is 0 Å². The van der Waals surface area contributed by atoms with E-state index in [1.807, 2.05) is 30.3 Å². The molecule has 0 amide bonds. The molecule has 7 heteroatoms. The normalized spacial score (nSPS) is 17.0. The van der Waals surface area contributed by atoms with Gasteiger partial charge >= 0.3 is 5.97 Å². The Morgan fingerprint density at radius 2 is 1.89 bits per heavy atom. The average Bonchev–Trinajstić information content (AvgIpc) is 2.61. The van der Waals surface area contributed by atoms with Gasteiger partial charge in [0, 0.05) is 22.0 Å². The molecule has 0 aliphatic carbocycles. The number of carbonyl (C=O) groups excluding carboxylic acids is 1. The first-order valence-electron chi connectivity index (χ1n) is 8.82. The van der Waals surface area contributed by atoms with Gasteiger partial charge in [0.1, 0.15) is 5.82 Å². The van der Waals surface area contributed by atoms with Crippen LogP contribution in [-0.4, -0.2) is 17.2 Å². The molecule has 4 nitrogen and oxygen atoms in total. The van der Waals surface area contributed by atoms with Gasteiger partial charge < -0.3 is 10.1 Å². The van der Waals surface area contributed by atoms with Crippen molar-refractivity contribution < 1.29 is 13.9 Å². The molecule has 1 aliphatic rings. The molecule has 0 fully saturated rings. The van der Waals surface area contributed by atoms with E-state index < -0.39 is 17.8 Å². The SMILES string of the molecule is CC1=C(C(=O)OC(C)C)[C@H](c2c(F)cccc2Cl)NC(=S)N1c1ccccc1. The molecular formula is C21H20ClFN2O2S. The minimum Gasteiger partial charge on any atom is -0.459 e. The number of hydrogen-bond acceptors (Lipinski definition) is 3. The number of benzene rings is 2. The molecule has 2 aromatic carbocycles. The number of ether oxygens (including phenoxy) is 1. The Morgan fingerprint density at radius 1 is 1.21 bits per heavy atom. The van der Waals surface area contributed by atoms with Crippen LogP contribution >= 0.6 is 23.8 Å². The zero-order valence-corrected chi connectivity index (χ0v) is 17.3.